The van der Waals surface area contributed by atoms with Crippen molar-refractivity contribution in [3.63, 3.8) is 0 Å². The maximum absolute atomic E-state index is 5.79. The first kappa shape index (κ1) is 13.1. The molecule has 2 aromatic heterocycles. The van der Waals surface area contributed by atoms with Crippen molar-refractivity contribution in [1.82, 2.24) is 15.1 Å². The van der Waals surface area contributed by atoms with Crippen LogP contribution in [0.5, 0.6) is 5.75 Å². The predicted octanol–water partition coefficient (Wildman–Crippen LogP) is 2.22. The molecule has 0 aliphatic heterocycles. The zero-order valence-electron chi connectivity index (χ0n) is 11.3. The second-order valence-electron chi connectivity index (χ2n) is 4.46. The summed E-state index contributed by atoms with van der Waals surface area (Å²) in [6.07, 6.45) is 4.06. The van der Waals surface area contributed by atoms with E-state index in [2.05, 4.69) is 15.1 Å². The van der Waals surface area contributed by atoms with E-state index in [0.717, 1.165) is 5.56 Å². The molecule has 0 spiro atoms. The Kier molecular flexibility index (Phi) is 3.77. The smallest absolute Gasteiger partial charge is 0.264 e. The van der Waals surface area contributed by atoms with Crippen LogP contribution in [0.25, 0.3) is 0 Å². The first-order valence-electron chi connectivity index (χ1n) is 6.49. The average Bonchev–Trinajstić information content (AvgIpc) is 2.95. The van der Waals surface area contributed by atoms with Gasteiger partial charge >= 0.3 is 0 Å². The van der Waals surface area contributed by atoms with Crippen LogP contribution in [0.2, 0.25) is 0 Å². The Bertz CT molecular complexity index is 712. The number of rotatable bonds is 5. The van der Waals surface area contributed by atoms with E-state index in [1.165, 1.54) is 0 Å². The Labute approximate surface area is 121 Å². The van der Waals surface area contributed by atoms with Crippen molar-refractivity contribution in [2.45, 2.75) is 13.0 Å². The molecule has 2 N–H and O–H groups in total. The third kappa shape index (κ3) is 3.36. The van der Waals surface area contributed by atoms with Crippen LogP contribution in [0.4, 0.5) is 5.69 Å². The molecule has 0 saturated carbocycles. The van der Waals surface area contributed by atoms with Gasteiger partial charge in [0.1, 0.15) is 5.75 Å². The Balaban J connectivity index is 1.62. The maximum Gasteiger partial charge on any atom is 0.264 e. The monoisotopic (exact) mass is 282 g/mol. The molecule has 1 aromatic carbocycles. The number of ether oxygens (including phenoxy) is 1. The molecule has 0 atom stereocenters. The fourth-order valence-corrected chi connectivity index (χ4v) is 1.86. The molecular weight excluding hydrogens is 268 g/mol. The number of benzene rings is 1. The van der Waals surface area contributed by atoms with Gasteiger partial charge in [-0.15, -0.1) is 0 Å². The molecule has 0 aliphatic rings. The first-order valence-corrected chi connectivity index (χ1v) is 6.49. The maximum atomic E-state index is 5.79. The highest BCUT2D eigenvalue weighted by Crippen LogP contribution is 2.20. The molecule has 21 heavy (non-hydrogen) atoms. The van der Waals surface area contributed by atoms with Crippen LogP contribution in [0.1, 0.15) is 17.3 Å². The minimum atomic E-state index is 0.192. The largest absolute Gasteiger partial charge is 0.482 e. The van der Waals surface area contributed by atoms with Gasteiger partial charge in [0.2, 0.25) is 0 Å². The number of aromatic nitrogens is 3. The summed E-state index contributed by atoms with van der Waals surface area (Å²) in [5, 5.41) is 3.93. The van der Waals surface area contributed by atoms with E-state index in [0.29, 0.717) is 29.6 Å². The van der Waals surface area contributed by atoms with E-state index >= 15 is 0 Å². The second kappa shape index (κ2) is 6.04. The summed E-state index contributed by atoms with van der Waals surface area (Å²) in [5.41, 5.74) is 7.45. The number of nitrogen functional groups attached to an aromatic ring is 1. The molecular formula is C15H14N4O2. The third-order valence-electron chi connectivity index (χ3n) is 2.89. The van der Waals surface area contributed by atoms with E-state index < -0.39 is 0 Å². The van der Waals surface area contributed by atoms with E-state index in [1.807, 2.05) is 24.3 Å². The lowest BCUT2D eigenvalue weighted by Gasteiger charge is -2.05. The molecule has 0 amide bonds. The van der Waals surface area contributed by atoms with Crippen LogP contribution in [-0.2, 0) is 13.0 Å². The Hall–Kier alpha value is -2.89. The summed E-state index contributed by atoms with van der Waals surface area (Å²) >= 11 is 0. The molecule has 6 heteroatoms. The average molecular weight is 282 g/mol. The van der Waals surface area contributed by atoms with Gasteiger partial charge in [0.25, 0.3) is 5.89 Å². The molecule has 0 unspecified atom stereocenters. The van der Waals surface area contributed by atoms with E-state index in [-0.39, 0.29) is 6.61 Å². The highest BCUT2D eigenvalue weighted by molar-refractivity contribution is 5.51. The molecule has 0 radical (unpaired) electrons. The summed E-state index contributed by atoms with van der Waals surface area (Å²) in [6.45, 7) is 0.192. The summed E-state index contributed by atoms with van der Waals surface area (Å²) in [7, 11) is 0. The van der Waals surface area contributed by atoms with Crippen LogP contribution < -0.4 is 10.5 Å². The number of pyridine rings is 1. The van der Waals surface area contributed by atoms with E-state index in [4.69, 9.17) is 15.0 Å². The lowest BCUT2D eigenvalue weighted by atomic mass is 10.2. The molecule has 0 aliphatic carbocycles. The third-order valence-corrected chi connectivity index (χ3v) is 2.89. The zero-order valence-corrected chi connectivity index (χ0v) is 11.3. The van der Waals surface area contributed by atoms with Crippen molar-refractivity contribution >= 4 is 5.69 Å². The molecule has 0 fully saturated rings. The Morgan fingerprint density at radius 1 is 1.10 bits per heavy atom. The second-order valence-corrected chi connectivity index (χ2v) is 4.46. The minimum absolute atomic E-state index is 0.192. The molecule has 106 valence electrons. The summed E-state index contributed by atoms with van der Waals surface area (Å²) in [4.78, 5) is 8.25. The summed E-state index contributed by atoms with van der Waals surface area (Å²) in [6, 6.07) is 11.1. The van der Waals surface area contributed by atoms with Crippen LogP contribution in [0, 0.1) is 0 Å². The summed E-state index contributed by atoms with van der Waals surface area (Å²) in [5.74, 6) is 1.63. The van der Waals surface area contributed by atoms with Gasteiger partial charge in [-0.1, -0.05) is 17.3 Å². The number of anilines is 1. The predicted molar refractivity (Wildman–Crippen MR) is 76.5 cm³/mol. The van der Waals surface area contributed by atoms with Crippen LogP contribution in [0.3, 0.4) is 0 Å². The molecule has 6 nitrogen and oxygen atoms in total. The SMILES string of the molecule is Nc1ccccc1OCc1nc(Cc2ccncc2)no1. The van der Waals surface area contributed by atoms with Crippen molar-refractivity contribution in [2.75, 3.05) is 5.73 Å². The van der Waals surface area contributed by atoms with Crippen LogP contribution >= 0.6 is 0 Å². The van der Waals surface area contributed by atoms with E-state index in [9.17, 15) is 0 Å². The highest BCUT2D eigenvalue weighted by Gasteiger charge is 2.08. The quantitative estimate of drug-likeness (QED) is 0.722. The number of nitrogens with zero attached hydrogens (tertiary/aromatic N) is 3. The van der Waals surface area contributed by atoms with Gasteiger partial charge in [-0.25, -0.2) is 0 Å². The fourth-order valence-electron chi connectivity index (χ4n) is 1.86. The number of nitrogens with two attached hydrogens (primary N) is 1. The minimum Gasteiger partial charge on any atom is -0.482 e. The van der Waals surface area contributed by atoms with Gasteiger partial charge in [0.15, 0.2) is 12.4 Å². The Morgan fingerprint density at radius 2 is 1.90 bits per heavy atom. The Morgan fingerprint density at radius 3 is 2.71 bits per heavy atom. The van der Waals surface area contributed by atoms with Gasteiger partial charge in [-0.3, -0.25) is 4.98 Å². The number of hydrogen-bond acceptors (Lipinski definition) is 6. The lowest BCUT2D eigenvalue weighted by molar-refractivity contribution is 0.243. The fraction of sp³-hybridized carbons (Fsp3) is 0.133. The van der Waals surface area contributed by atoms with Crippen molar-refractivity contribution in [3.8, 4) is 5.75 Å². The van der Waals surface area contributed by atoms with Gasteiger partial charge in [0.05, 0.1) is 5.69 Å². The van der Waals surface area contributed by atoms with Gasteiger partial charge in [-0.2, -0.15) is 4.98 Å². The van der Waals surface area contributed by atoms with Gasteiger partial charge in [0, 0.05) is 18.8 Å². The topological polar surface area (TPSA) is 87.1 Å². The molecule has 0 bridgehead atoms. The normalized spacial score (nSPS) is 10.5. The van der Waals surface area contributed by atoms with Gasteiger partial charge in [-0.05, 0) is 29.8 Å². The standard InChI is InChI=1S/C15H14N4O2/c16-12-3-1-2-4-13(12)20-10-15-18-14(19-21-15)9-11-5-7-17-8-6-11/h1-8H,9-10,16H2. The molecule has 0 saturated heterocycles. The first-order chi connectivity index (χ1) is 10.3. The van der Waals surface area contributed by atoms with Gasteiger partial charge < -0.3 is 15.0 Å². The van der Waals surface area contributed by atoms with Crippen LogP contribution in [-0.4, -0.2) is 15.1 Å². The van der Waals surface area contributed by atoms with E-state index in [1.54, 1.807) is 24.5 Å². The van der Waals surface area contributed by atoms with Crippen molar-refractivity contribution in [2.24, 2.45) is 0 Å². The molecule has 3 aromatic rings. The highest BCUT2D eigenvalue weighted by atomic mass is 16.5. The molecule has 3 rings (SSSR count). The summed E-state index contributed by atoms with van der Waals surface area (Å²) < 4.78 is 10.7. The number of para-hydroxylation sites is 2. The van der Waals surface area contributed by atoms with Crippen LogP contribution in [0.15, 0.2) is 53.3 Å². The number of hydrogen-bond donors (Lipinski definition) is 1. The lowest BCUT2D eigenvalue weighted by Crippen LogP contribution is -1.99. The van der Waals surface area contributed by atoms with Crippen molar-refractivity contribution < 1.29 is 9.26 Å². The van der Waals surface area contributed by atoms with Crippen molar-refractivity contribution in [3.05, 3.63) is 66.1 Å². The zero-order chi connectivity index (χ0) is 14.5. The van der Waals surface area contributed by atoms with Crippen molar-refractivity contribution in [1.29, 1.82) is 0 Å². The molecule has 2 heterocycles.